The smallest absolute Gasteiger partial charge is 0.278 e. The molecule has 0 aliphatic heterocycles. The van der Waals surface area contributed by atoms with Gasteiger partial charge in [-0.25, -0.2) is 9.97 Å². The molecule has 0 fully saturated rings. The second-order valence-corrected chi connectivity index (χ2v) is 4.23. The van der Waals surface area contributed by atoms with Crippen LogP contribution in [0.25, 0.3) is 11.2 Å². The fourth-order valence-electron chi connectivity index (χ4n) is 1.66. The first-order chi connectivity index (χ1) is 9.61. The number of nitrogens with one attached hydrogen (secondary N) is 2. The number of carbonyl (C=O) groups excluding carboxylic acids is 1. The molecule has 1 unspecified atom stereocenters. The van der Waals surface area contributed by atoms with E-state index in [1.807, 2.05) is 0 Å². The zero-order valence-corrected chi connectivity index (χ0v) is 10.6. The van der Waals surface area contributed by atoms with Crippen LogP contribution in [-0.4, -0.2) is 54.9 Å². The third kappa shape index (κ3) is 3.19. The van der Waals surface area contributed by atoms with Crippen molar-refractivity contribution in [3.63, 3.8) is 0 Å². The van der Waals surface area contributed by atoms with Gasteiger partial charge in [-0.2, -0.15) is 0 Å². The molecule has 0 saturated heterocycles. The average Bonchev–Trinajstić information content (AvgIpc) is 2.87. The molecule has 0 aliphatic rings. The molecule has 0 aromatic carbocycles. The van der Waals surface area contributed by atoms with Crippen LogP contribution in [0.4, 0.5) is 0 Å². The van der Waals surface area contributed by atoms with Crippen LogP contribution in [0.1, 0.15) is 6.42 Å². The van der Waals surface area contributed by atoms with Crippen molar-refractivity contribution in [1.82, 2.24) is 24.8 Å². The molecular formula is C11H15N5O4. The normalized spacial score (nSPS) is 12.5. The number of H-pyrrole nitrogens is 1. The van der Waals surface area contributed by atoms with E-state index >= 15 is 0 Å². The Hall–Kier alpha value is -2.26. The van der Waals surface area contributed by atoms with Gasteiger partial charge >= 0.3 is 0 Å². The number of fused-ring (bicyclic) bond motifs is 1. The predicted molar refractivity (Wildman–Crippen MR) is 68.9 cm³/mol. The van der Waals surface area contributed by atoms with Gasteiger partial charge in [-0.05, 0) is 0 Å². The highest BCUT2D eigenvalue weighted by atomic mass is 16.3. The number of hydrogen-bond donors (Lipinski definition) is 4. The number of aliphatic hydroxyl groups excluding tert-OH is 2. The fourth-order valence-corrected chi connectivity index (χ4v) is 1.66. The molecule has 2 heterocycles. The van der Waals surface area contributed by atoms with E-state index in [2.05, 4.69) is 20.3 Å². The van der Waals surface area contributed by atoms with E-state index in [0.29, 0.717) is 12.2 Å². The molecular weight excluding hydrogens is 266 g/mol. The molecule has 1 atom stereocenters. The Labute approximate surface area is 113 Å². The highest BCUT2D eigenvalue weighted by Gasteiger charge is 2.09. The summed E-state index contributed by atoms with van der Waals surface area (Å²) in [5.74, 6) is -0.274. The summed E-state index contributed by atoms with van der Waals surface area (Å²) >= 11 is 0. The summed E-state index contributed by atoms with van der Waals surface area (Å²) in [6.07, 6.45) is 1.91. The number of amides is 1. The Morgan fingerprint density at radius 2 is 2.30 bits per heavy atom. The van der Waals surface area contributed by atoms with Gasteiger partial charge in [-0.15, -0.1) is 0 Å². The van der Waals surface area contributed by atoms with Crippen LogP contribution in [-0.2, 0) is 11.3 Å². The third-order valence-corrected chi connectivity index (χ3v) is 2.73. The third-order valence-electron chi connectivity index (χ3n) is 2.73. The van der Waals surface area contributed by atoms with Crippen molar-refractivity contribution in [1.29, 1.82) is 0 Å². The van der Waals surface area contributed by atoms with Gasteiger partial charge in [0.1, 0.15) is 0 Å². The minimum Gasteiger partial charge on any atom is -0.394 e. The summed E-state index contributed by atoms with van der Waals surface area (Å²) in [7, 11) is 0. The lowest BCUT2D eigenvalue weighted by molar-refractivity contribution is -0.121. The van der Waals surface area contributed by atoms with E-state index in [9.17, 15) is 9.59 Å². The van der Waals surface area contributed by atoms with Gasteiger partial charge in [-0.3, -0.25) is 9.59 Å². The van der Waals surface area contributed by atoms with Crippen molar-refractivity contribution in [2.24, 2.45) is 0 Å². The molecule has 4 N–H and O–H groups in total. The number of rotatable bonds is 6. The molecule has 0 aliphatic carbocycles. The Morgan fingerprint density at radius 3 is 3.05 bits per heavy atom. The number of nitrogens with zero attached hydrogens (tertiary/aromatic N) is 3. The van der Waals surface area contributed by atoms with Crippen molar-refractivity contribution >= 4 is 17.1 Å². The van der Waals surface area contributed by atoms with Crippen LogP contribution < -0.4 is 10.9 Å². The molecule has 9 nitrogen and oxygen atoms in total. The molecule has 2 rings (SSSR count). The summed E-state index contributed by atoms with van der Waals surface area (Å²) in [5.41, 5.74) is 0.310. The predicted octanol–water partition coefficient (Wildman–Crippen LogP) is -2.02. The van der Waals surface area contributed by atoms with Crippen LogP contribution in [0.2, 0.25) is 0 Å². The zero-order valence-electron chi connectivity index (χ0n) is 10.6. The second kappa shape index (κ2) is 6.26. The van der Waals surface area contributed by atoms with Crippen LogP contribution in [0.15, 0.2) is 17.4 Å². The maximum Gasteiger partial charge on any atom is 0.278 e. The first kappa shape index (κ1) is 14.2. The molecule has 9 heteroatoms. The molecule has 0 spiro atoms. The molecule has 108 valence electrons. The summed E-state index contributed by atoms with van der Waals surface area (Å²) in [6.45, 7) is -0.0922. The molecule has 0 radical (unpaired) electrons. The molecule has 0 bridgehead atoms. The van der Waals surface area contributed by atoms with E-state index in [0.717, 1.165) is 0 Å². The number of aromatic amines is 1. The second-order valence-electron chi connectivity index (χ2n) is 4.23. The first-order valence-electron chi connectivity index (χ1n) is 6.06. The topological polar surface area (TPSA) is 133 Å². The van der Waals surface area contributed by atoms with Crippen molar-refractivity contribution in [2.75, 3.05) is 13.2 Å². The number of hydrogen-bond acceptors (Lipinski definition) is 6. The van der Waals surface area contributed by atoms with Gasteiger partial charge in [0.2, 0.25) is 5.91 Å². The lowest BCUT2D eigenvalue weighted by Crippen LogP contribution is -2.34. The molecule has 20 heavy (non-hydrogen) atoms. The minimum absolute atomic E-state index is 0.00206. The Morgan fingerprint density at radius 1 is 1.50 bits per heavy atom. The van der Waals surface area contributed by atoms with E-state index in [4.69, 9.17) is 10.2 Å². The van der Waals surface area contributed by atoms with Crippen LogP contribution in [0, 0.1) is 0 Å². The zero-order chi connectivity index (χ0) is 14.5. The van der Waals surface area contributed by atoms with Crippen molar-refractivity contribution < 1.29 is 15.0 Å². The van der Waals surface area contributed by atoms with Crippen molar-refractivity contribution in [3.05, 3.63) is 23.0 Å². The van der Waals surface area contributed by atoms with E-state index in [1.54, 1.807) is 4.57 Å². The SMILES string of the molecule is O=C(CCn1cnc2c(=O)[nH]cnc21)NCC(O)CO. The van der Waals surface area contributed by atoms with Gasteiger partial charge in [0.15, 0.2) is 11.2 Å². The largest absolute Gasteiger partial charge is 0.394 e. The first-order valence-corrected chi connectivity index (χ1v) is 6.06. The summed E-state index contributed by atoms with van der Waals surface area (Å²) in [6, 6.07) is 0. The van der Waals surface area contributed by atoms with Crippen LogP contribution in [0.3, 0.4) is 0 Å². The molecule has 2 aromatic heterocycles. The minimum atomic E-state index is -0.965. The Balaban J connectivity index is 1.94. The summed E-state index contributed by atoms with van der Waals surface area (Å²) in [4.78, 5) is 33.3. The molecule has 0 saturated carbocycles. The standard InChI is InChI=1S/C11H15N5O4/c17-4-7(18)3-12-8(19)1-2-16-6-15-9-10(16)13-5-14-11(9)20/h5-7,17-18H,1-4H2,(H,12,19)(H,13,14,20). The van der Waals surface area contributed by atoms with Gasteiger partial charge < -0.3 is 25.1 Å². The monoisotopic (exact) mass is 281 g/mol. The van der Waals surface area contributed by atoms with Gasteiger partial charge in [0, 0.05) is 19.5 Å². The number of aromatic nitrogens is 4. The highest BCUT2D eigenvalue weighted by Crippen LogP contribution is 2.04. The van der Waals surface area contributed by atoms with Gasteiger partial charge in [0.25, 0.3) is 5.56 Å². The van der Waals surface area contributed by atoms with Crippen molar-refractivity contribution in [3.8, 4) is 0 Å². The van der Waals surface area contributed by atoms with E-state index < -0.39 is 12.7 Å². The van der Waals surface area contributed by atoms with Crippen LogP contribution in [0.5, 0.6) is 0 Å². The maximum absolute atomic E-state index is 11.5. The fraction of sp³-hybridized carbons (Fsp3) is 0.455. The van der Waals surface area contributed by atoms with E-state index in [-0.39, 0.29) is 29.9 Å². The van der Waals surface area contributed by atoms with E-state index in [1.165, 1.54) is 12.7 Å². The number of imidazole rings is 1. The molecule has 1 amide bonds. The average molecular weight is 281 g/mol. The molecule has 2 aromatic rings. The lowest BCUT2D eigenvalue weighted by Gasteiger charge is -2.09. The lowest BCUT2D eigenvalue weighted by atomic mass is 10.3. The number of carbonyl (C=O) groups is 1. The Kier molecular flexibility index (Phi) is 4.43. The maximum atomic E-state index is 11.5. The summed E-state index contributed by atoms with van der Waals surface area (Å²) < 4.78 is 1.60. The Bertz CT molecular complexity index is 650. The summed E-state index contributed by atoms with van der Waals surface area (Å²) in [5, 5.41) is 20.2. The number of aryl methyl sites for hydroxylation is 1. The van der Waals surface area contributed by atoms with Gasteiger partial charge in [0.05, 0.1) is 25.4 Å². The van der Waals surface area contributed by atoms with Crippen molar-refractivity contribution in [2.45, 2.75) is 19.1 Å². The van der Waals surface area contributed by atoms with Crippen LogP contribution >= 0.6 is 0 Å². The number of aliphatic hydroxyl groups is 2. The van der Waals surface area contributed by atoms with Gasteiger partial charge in [-0.1, -0.05) is 0 Å². The highest BCUT2D eigenvalue weighted by molar-refractivity contribution is 5.76. The quantitative estimate of drug-likeness (QED) is 0.483.